The molecule has 0 amide bonds. The second-order valence-electron chi connectivity index (χ2n) is 10.9. The number of aromatic nitrogens is 2. The molecule has 0 aromatic carbocycles. The van der Waals surface area contributed by atoms with Crippen molar-refractivity contribution in [3.8, 4) is 0 Å². The summed E-state index contributed by atoms with van der Waals surface area (Å²) in [6, 6.07) is 0. The molecule has 2 aliphatic heterocycles. The third-order valence-electron chi connectivity index (χ3n) is 7.02. The van der Waals surface area contributed by atoms with Crippen molar-refractivity contribution in [2.24, 2.45) is 11.1 Å². The highest BCUT2D eigenvalue weighted by Gasteiger charge is 2.47. The molecule has 41 heavy (non-hydrogen) atoms. The predicted molar refractivity (Wildman–Crippen MR) is 139 cm³/mol. The molecule has 3 heterocycles. The van der Waals surface area contributed by atoms with Gasteiger partial charge in [-0.25, -0.2) is 9.59 Å². The molecule has 3 aliphatic rings. The molecule has 4 atom stereocenters. The van der Waals surface area contributed by atoms with Crippen molar-refractivity contribution in [3.63, 3.8) is 0 Å². The monoisotopic (exact) mass is 575 g/mol. The number of nitrogens with one attached hydrogen (secondary N) is 1. The second kappa shape index (κ2) is 11.4. The molecule has 1 unspecified atom stereocenters. The van der Waals surface area contributed by atoms with Crippen molar-refractivity contribution in [1.29, 1.82) is 0 Å². The minimum Gasteiger partial charge on any atom is -0.463 e. The average Bonchev–Trinajstić information content (AvgIpc) is 3.22. The van der Waals surface area contributed by atoms with Gasteiger partial charge >= 0.3 is 23.6 Å². The fraction of sp³-hybridized carbons (Fsp3) is 0.556. The van der Waals surface area contributed by atoms with Crippen molar-refractivity contribution in [1.82, 2.24) is 9.55 Å². The molecular formula is C27H33N3O11. The Morgan fingerprint density at radius 1 is 1.12 bits per heavy atom. The lowest BCUT2D eigenvalue weighted by Gasteiger charge is -2.37. The van der Waals surface area contributed by atoms with Crippen molar-refractivity contribution < 1.29 is 42.9 Å². The van der Waals surface area contributed by atoms with Crippen LogP contribution >= 0.6 is 0 Å². The summed E-state index contributed by atoms with van der Waals surface area (Å²) in [7, 11) is 0. The molecule has 0 bridgehead atoms. The zero-order valence-corrected chi connectivity index (χ0v) is 23.4. The van der Waals surface area contributed by atoms with Gasteiger partial charge in [0.25, 0.3) is 5.56 Å². The van der Waals surface area contributed by atoms with Crippen LogP contribution in [-0.2, 0) is 42.9 Å². The van der Waals surface area contributed by atoms with Crippen LogP contribution in [0.2, 0.25) is 0 Å². The van der Waals surface area contributed by atoms with Gasteiger partial charge in [-0.2, -0.15) is 0 Å². The minimum atomic E-state index is -1.29. The van der Waals surface area contributed by atoms with Crippen LogP contribution in [0.3, 0.4) is 0 Å². The largest absolute Gasteiger partial charge is 0.463 e. The standard InChI is InChI=1S/C27H33N3O11/c1-6-37-25(35)22-20(21-15(33)8-27(4,5)9-17(21)41-23(22)28)14-10-30(26(36)29-24(14)34)19-7-16(39-13(3)32)18(40-19)11-38-12(2)31/h10,16,18-20H,6-9,11,28H2,1-5H3,(H,29,34,36)/t16-,18+,19+,20?/m0/s1. The van der Waals surface area contributed by atoms with E-state index in [1.807, 2.05) is 13.8 Å². The van der Waals surface area contributed by atoms with Gasteiger partial charge in [0, 0.05) is 50.4 Å². The molecule has 1 saturated heterocycles. The maximum atomic E-state index is 13.4. The number of allylic oxidation sites excluding steroid dienone is 2. The lowest BCUT2D eigenvalue weighted by molar-refractivity contribution is -0.155. The van der Waals surface area contributed by atoms with Crippen LogP contribution in [0.15, 0.2) is 38.6 Å². The third-order valence-corrected chi connectivity index (χ3v) is 7.02. The molecule has 4 rings (SSSR count). The molecule has 0 saturated carbocycles. The van der Waals surface area contributed by atoms with E-state index in [-0.39, 0.29) is 60.2 Å². The molecule has 14 nitrogen and oxygen atoms in total. The first-order valence-corrected chi connectivity index (χ1v) is 13.1. The first-order chi connectivity index (χ1) is 19.2. The number of hydrogen-bond donors (Lipinski definition) is 2. The lowest BCUT2D eigenvalue weighted by atomic mass is 9.70. The summed E-state index contributed by atoms with van der Waals surface area (Å²) in [5.41, 5.74) is 3.69. The number of Topliss-reactive ketones (excluding diaryl/α,β-unsaturated/α-hetero) is 1. The third kappa shape index (κ3) is 6.11. The van der Waals surface area contributed by atoms with E-state index in [1.165, 1.54) is 20.0 Å². The molecule has 0 radical (unpaired) electrons. The van der Waals surface area contributed by atoms with Gasteiger partial charge in [-0.15, -0.1) is 0 Å². The maximum absolute atomic E-state index is 13.4. The summed E-state index contributed by atoms with van der Waals surface area (Å²) in [6.45, 7) is 7.49. The highest BCUT2D eigenvalue weighted by Crippen LogP contribution is 2.47. The van der Waals surface area contributed by atoms with Crippen LogP contribution in [-0.4, -0.2) is 58.7 Å². The van der Waals surface area contributed by atoms with Crippen molar-refractivity contribution >= 4 is 23.7 Å². The van der Waals surface area contributed by atoms with Crippen LogP contribution in [0.25, 0.3) is 0 Å². The SMILES string of the molecule is CCOC(=O)C1=C(N)OC2=C(C(=O)CC(C)(C)C2)C1c1cn([C@H]2C[C@H](OC(C)=O)[C@@H](COC(C)=O)O2)c(=O)[nH]c1=O. The van der Waals surface area contributed by atoms with Crippen LogP contribution < -0.4 is 17.0 Å². The fourth-order valence-electron chi connectivity index (χ4n) is 5.38. The number of esters is 3. The van der Waals surface area contributed by atoms with E-state index < -0.39 is 58.9 Å². The van der Waals surface area contributed by atoms with E-state index in [2.05, 4.69) is 4.98 Å². The predicted octanol–water partition coefficient (Wildman–Crippen LogP) is 0.809. The Balaban J connectivity index is 1.83. The van der Waals surface area contributed by atoms with Crippen LogP contribution in [0.1, 0.15) is 71.6 Å². The quantitative estimate of drug-likeness (QED) is 0.343. The summed E-state index contributed by atoms with van der Waals surface area (Å²) >= 11 is 0. The average molecular weight is 576 g/mol. The molecule has 1 aromatic rings. The van der Waals surface area contributed by atoms with Gasteiger partial charge in [-0.3, -0.25) is 28.7 Å². The van der Waals surface area contributed by atoms with Crippen LogP contribution in [0, 0.1) is 5.41 Å². The second-order valence-corrected chi connectivity index (χ2v) is 10.9. The van der Waals surface area contributed by atoms with Crippen molar-refractivity contribution in [3.05, 3.63) is 55.4 Å². The number of ketones is 1. The fourth-order valence-corrected chi connectivity index (χ4v) is 5.38. The Bertz CT molecular complexity index is 1470. The molecule has 1 aliphatic carbocycles. The van der Waals surface area contributed by atoms with E-state index in [0.29, 0.717) is 6.42 Å². The lowest BCUT2D eigenvalue weighted by Crippen LogP contribution is -2.40. The molecule has 0 spiro atoms. The van der Waals surface area contributed by atoms with E-state index >= 15 is 0 Å². The van der Waals surface area contributed by atoms with Gasteiger partial charge in [-0.05, 0) is 12.3 Å². The topological polar surface area (TPSA) is 195 Å². The van der Waals surface area contributed by atoms with E-state index in [0.717, 1.165) is 4.57 Å². The zero-order chi connectivity index (χ0) is 30.2. The highest BCUT2D eigenvalue weighted by molar-refractivity contribution is 6.03. The van der Waals surface area contributed by atoms with Gasteiger partial charge in [0.05, 0.1) is 12.5 Å². The highest BCUT2D eigenvalue weighted by atomic mass is 16.6. The van der Waals surface area contributed by atoms with E-state index in [9.17, 15) is 28.8 Å². The summed E-state index contributed by atoms with van der Waals surface area (Å²) in [5, 5.41) is 0. The first-order valence-electron chi connectivity index (χ1n) is 13.1. The number of carbonyl (C=O) groups is 4. The Kier molecular flexibility index (Phi) is 8.24. The van der Waals surface area contributed by atoms with Gasteiger partial charge < -0.3 is 29.4 Å². The van der Waals surface area contributed by atoms with Crippen molar-refractivity contribution in [2.45, 2.75) is 78.2 Å². The van der Waals surface area contributed by atoms with Crippen molar-refractivity contribution in [2.75, 3.05) is 13.2 Å². The summed E-state index contributed by atoms with van der Waals surface area (Å²) < 4.78 is 28.3. The van der Waals surface area contributed by atoms with Gasteiger partial charge in [-0.1, -0.05) is 13.8 Å². The summed E-state index contributed by atoms with van der Waals surface area (Å²) in [6.07, 6.45) is -1.24. The summed E-state index contributed by atoms with van der Waals surface area (Å²) in [5.74, 6) is -3.80. The number of rotatable bonds is 7. The number of hydrogen-bond acceptors (Lipinski definition) is 12. The van der Waals surface area contributed by atoms with E-state index in [1.54, 1.807) is 6.92 Å². The number of carbonyl (C=O) groups excluding carboxylic acids is 4. The molecular weight excluding hydrogens is 542 g/mol. The molecule has 1 aromatic heterocycles. The number of ether oxygens (including phenoxy) is 5. The van der Waals surface area contributed by atoms with Gasteiger partial charge in [0.2, 0.25) is 5.88 Å². The number of nitrogens with two attached hydrogens (primary N) is 1. The molecule has 1 fully saturated rings. The minimum absolute atomic E-state index is 0.0117. The molecule has 222 valence electrons. The smallest absolute Gasteiger partial charge is 0.340 e. The van der Waals surface area contributed by atoms with Crippen LogP contribution in [0.4, 0.5) is 0 Å². The maximum Gasteiger partial charge on any atom is 0.340 e. The normalized spacial score (nSPS) is 25.3. The van der Waals surface area contributed by atoms with E-state index in [4.69, 9.17) is 29.4 Å². The summed E-state index contributed by atoms with van der Waals surface area (Å²) in [4.78, 5) is 78.0. The first kappa shape index (κ1) is 29.8. The van der Waals surface area contributed by atoms with Gasteiger partial charge in [0.15, 0.2) is 5.78 Å². The number of nitrogens with zero attached hydrogens (tertiary/aromatic N) is 1. The number of aromatic amines is 1. The Morgan fingerprint density at radius 2 is 1.83 bits per heavy atom. The number of H-pyrrole nitrogens is 1. The Hall–Kier alpha value is -4.20. The Labute approximate surface area is 234 Å². The zero-order valence-electron chi connectivity index (χ0n) is 23.4. The molecule has 14 heteroatoms. The Morgan fingerprint density at radius 3 is 2.46 bits per heavy atom. The van der Waals surface area contributed by atoms with Crippen LogP contribution in [0.5, 0.6) is 0 Å². The molecule has 3 N–H and O–H groups in total. The van der Waals surface area contributed by atoms with Gasteiger partial charge in [0.1, 0.15) is 36.4 Å².